The maximum atomic E-state index is 12.9. The van der Waals surface area contributed by atoms with Crippen LogP contribution in [0.15, 0.2) is 16.9 Å². The number of aromatic nitrogens is 1. The van der Waals surface area contributed by atoms with Crippen LogP contribution in [0.4, 0.5) is 13.2 Å². The van der Waals surface area contributed by atoms with Gasteiger partial charge in [0.15, 0.2) is 0 Å². The van der Waals surface area contributed by atoms with Crippen LogP contribution in [0.2, 0.25) is 5.02 Å². The van der Waals surface area contributed by atoms with Crippen molar-refractivity contribution in [3.05, 3.63) is 38.6 Å². The number of benzene rings is 1. The maximum Gasteiger partial charge on any atom is 0.420 e. The summed E-state index contributed by atoms with van der Waals surface area (Å²) in [7, 11) is 1.04. The molecule has 0 unspecified atom stereocenters. The molecule has 0 spiro atoms. The van der Waals surface area contributed by atoms with E-state index in [4.69, 9.17) is 16.7 Å². The molecule has 112 valence electrons. The molecule has 21 heavy (non-hydrogen) atoms. The molecule has 2 N–H and O–H groups in total. The second kappa shape index (κ2) is 4.96. The molecule has 1 aromatic carbocycles. The zero-order chi connectivity index (χ0) is 15.9. The molecule has 2 rings (SSSR count). The number of pyridine rings is 1. The summed E-state index contributed by atoms with van der Waals surface area (Å²) in [5.41, 5.74) is -3.17. The molecule has 0 radical (unpaired) electrons. The highest BCUT2D eigenvalue weighted by Crippen LogP contribution is 2.39. The number of carbonyl (C=O) groups is 1. The Morgan fingerprint density at radius 3 is 2.48 bits per heavy atom. The third-order valence-corrected chi connectivity index (χ3v) is 3.18. The number of H-pyrrole nitrogens is 1. The normalized spacial score (nSPS) is 11.7. The minimum atomic E-state index is -4.70. The Bertz CT molecular complexity index is 798. The van der Waals surface area contributed by atoms with Gasteiger partial charge in [0, 0.05) is 5.39 Å². The SMILES string of the molecule is COc1cc2c(Cl)c(C(=O)O)c(=O)[nH]c2cc1C(F)(F)F. The van der Waals surface area contributed by atoms with E-state index in [2.05, 4.69) is 9.72 Å². The van der Waals surface area contributed by atoms with Gasteiger partial charge < -0.3 is 14.8 Å². The lowest BCUT2D eigenvalue weighted by Gasteiger charge is -2.14. The van der Waals surface area contributed by atoms with Crippen LogP contribution in [0.3, 0.4) is 0 Å². The van der Waals surface area contributed by atoms with Crippen molar-refractivity contribution in [2.24, 2.45) is 0 Å². The molecule has 9 heteroatoms. The summed E-state index contributed by atoms with van der Waals surface area (Å²) < 4.78 is 43.3. The van der Waals surface area contributed by atoms with Crippen molar-refractivity contribution in [3.63, 3.8) is 0 Å². The molecular weight excluding hydrogens is 315 g/mol. The Hall–Kier alpha value is -2.22. The molecule has 0 aliphatic heterocycles. The number of aromatic carboxylic acids is 1. The number of carboxylic acids is 1. The van der Waals surface area contributed by atoms with E-state index in [-0.39, 0.29) is 10.9 Å². The van der Waals surface area contributed by atoms with Crippen LogP contribution in [-0.2, 0) is 6.18 Å². The Labute approximate surface area is 119 Å². The van der Waals surface area contributed by atoms with Gasteiger partial charge in [-0.15, -0.1) is 0 Å². The van der Waals surface area contributed by atoms with E-state index >= 15 is 0 Å². The highest BCUT2D eigenvalue weighted by atomic mass is 35.5. The Morgan fingerprint density at radius 1 is 1.38 bits per heavy atom. The zero-order valence-electron chi connectivity index (χ0n) is 10.3. The number of halogens is 4. The predicted molar refractivity (Wildman–Crippen MR) is 68.1 cm³/mol. The second-order valence-electron chi connectivity index (χ2n) is 4.04. The zero-order valence-corrected chi connectivity index (χ0v) is 11.1. The number of carboxylic acid groups (broad SMARTS) is 1. The molecule has 0 fully saturated rings. The van der Waals surface area contributed by atoms with Gasteiger partial charge in [0.05, 0.1) is 23.2 Å². The van der Waals surface area contributed by atoms with Crippen molar-refractivity contribution in [1.82, 2.24) is 4.98 Å². The third-order valence-electron chi connectivity index (χ3n) is 2.79. The van der Waals surface area contributed by atoms with Crippen molar-refractivity contribution in [1.29, 1.82) is 0 Å². The lowest BCUT2D eigenvalue weighted by Crippen LogP contribution is -2.18. The molecule has 5 nitrogen and oxygen atoms in total. The summed E-state index contributed by atoms with van der Waals surface area (Å²) in [4.78, 5) is 24.6. The molecule has 0 saturated carbocycles. The molecule has 0 amide bonds. The van der Waals surface area contributed by atoms with Gasteiger partial charge >= 0.3 is 12.1 Å². The van der Waals surface area contributed by atoms with E-state index < -0.39 is 39.6 Å². The Balaban J connectivity index is 2.92. The van der Waals surface area contributed by atoms with E-state index in [9.17, 15) is 22.8 Å². The molecular formula is C12H7ClF3NO4. The molecule has 2 aromatic rings. The summed E-state index contributed by atoms with van der Waals surface area (Å²) >= 11 is 5.80. The highest BCUT2D eigenvalue weighted by molar-refractivity contribution is 6.38. The number of methoxy groups -OCH3 is 1. The molecule has 0 aliphatic rings. The number of hydrogen-bond acceptors (Lipinski definition) is 3. The van der Waals surface area contributed by atoms with Crippen LogP contribution in [-0.4, -0.2) is 23.2 Å². The Morgan fingerprint density at radius 2 is 2.00 bits per heavy atom. The van der Waals surface area contributed by atoms with Gasteiger partial charge in [0.2, 0.25) is 0 Å². The van der Waals surface area contributed by atoms with Crippen LogP contribution < -0.4 is 10.3 Å². The van der Waals surface area contributed by atoms with Gasteiger partial charge in [-0.1, -0.05) is 11.6 Å². The molecule has 0 atom stereocenters. The third kappa shape index (κ3) is 2.54. The van der Waals surface area contributed by atoms with Crippen LogP contribution in [0.5, 0.6) is 5.75 Å². The van der Waals surface area contributed by atoms with Crippen molar-refractivity contribution in [2.75, 3.05) is 7.11 Å². The number of nitrogens with one attached hydrogen (secondary N) is 1. The fraction of sp³-hybridized carbons (Fsp3) is 0.167. The van der Waals surface area contributed by atoms with Gasteiger partial charge in [-0.05, 0) is 12.1 Å². The molecule has 0 bridgehead atoms. The predicted octanol–water partition coefficient (Wildman–Crippen LogP) is 2.91. The number of ether oxygens (including phenoxy) is 1. The van der Waals surface area contributed by atoms with Crippen LogP contribution >= 0.6 is 11.6 Å². The average molecular weight is 322 g/mol. The minimum absolute atomic E-state index is 0.0569. The summed E-state index contributed by atoms with van der Waals surface area (Å²) in [6, 6.07) is 1.58. The number of rotatable bonds is 2. The van der Waals surface area contributed by atoms with E-state index in [1.807, 2.05) is 0 Å². The van der Waals surface area contributed by atoms with E-state index in [1.165, 1.54) is 0 Å². The second-order valence-corrected chi connectivity index (χ2v) is 4.42. The first-order valence-electron chi connectivity index (χ1n) is 5.40. The number of aromatic amines is 1. The van der Waals surface area contributed by atoms with Crippen molar-refractivity contribution in [2.45, 2.75) is 6.18 Å². The van der Waals surface area contributed by atoms with Crippen LogP contribution in [0.25, 0.3) is 10.9 Å². The largest absolute Gasteiger partial charge is 0.496 e. The smallest absolute Gasteiger partial charge is 0.420 e. The summed E-state index contributed by atoms with van der Waals surface area (Å²) in [5.74, 6) is -2.11. The molecule has 1 aromatic heterocycles. The van der Waals surface area contributed by atoms with E-state index in [0.29, 0.717) is 6.07 Å². The first kappa shape index (κ1) is 15.2. The number of hydrogen-bond donors (Lipinski definition) is 2. The number of fused-ring (bicyclic) bond motifs is 1. The summed E-state index contributed by atoms with van der Waals surface area (Å²) in [5, 5.41) is 8.39. The Kier molecular flexibility index (Phi) is 3.58. The first-order valence-corrected chi connectivity index (χ1v) is 5.78. The van der Waals surface area contributed by atoms with Crippen molar-refractivity contribution in [3.8, 4) is 5.75 Å². The maximum absolute atomic E-state index is 12.9. The summed E-state index contributed by atoms with van der Waals surface area (Å²) in [6.07, 6.45) is -4.70. The fourth-order valence-electron chi connectivity index (χ4n) is 1.87. The topological polar surface area (TPSA) is 79.4 Å². The fourth-order valence-corrected chi connectivity index (χ4v) is 2.19. The lowest BCUT2D eigenvalue weighted by molar-refractivity contribution is -0.138. The van der Waals surface area contributed by atoms with Crippen LogP contribution in [0, 0.1) is 0 Å². The van der Waals surface area contributed by atoms with Gasteiger partial charge in [-0.25, -0.2) is 4.79 Å². The first-order chi connectivity index (χ1) is 9.66. The van der Waals surface area contributed by atoms with Crippen molar-refractivity contribution < 1.29 is 27.8 Å². The molecule has 1 heterocycles. The quantitative estimate of drug-likeness (QED) is 0.891. The van der Waals surface area contributed by atoms with Crippen molar-refractivity contribution >= 4 is 28.5 Å². The van der Waals surface area contributed by atoms with Gasteiger partial charge in [-0.3, -0.25) is 4.79 Å². The summed E-state index contributed by atoms with van der Waals surface area (Å²) in [6.45, 7) is 0. The van der Waals surface area contributed by atoms with Gasteiger partial charge in [-0.2, -0.15) is 13.2 Å². The average Bonchev–Trinajstić information content (AvgIpc) is 2.35. The number of alkyl halides is 3. The van der Waals surface area contributed by atoms with Gasteiger partial charge in [0.25, 0.3) is 5.56 Å². The monoisotopic (exact) mass is 321 g/mol. The minimum Gasteiger partial charge on any atom is -0.496 e. The molecule has 0 aliphatic carbocycles. The van der Waals surface area contributed by atoms with Gasteiger partial charge in [0.1, 0.15) is 11.3 Å². The van der Waals surface area contributed by atoms with Crippen LogP contribution in [0.1, 0.15) is 15.9 Å². The van der Waals surface area contributed by atoms with E-state index in [1.54, 1.807) is 0 Å². The standard InChI is InChI=1S/C12H7ClF3NO4/c1-21-7-2-4-6(3-5(7)12(14,15)16)17-10(18)8(9(4)13)11(19)20/h2-3H,1H3,(H,17,18)(H,19,20). The highest BCUT2D eigenvalue weighted by Gasteiger charge is 2.35. The van der Waals surface area contributed by atoms with E-state index in [0.717, 1.165) is 13.2 Å². The lowest BCUT2D eigenvalue weighted by atomic mass is 10.1. The molecule has 0 saturated heterocycles.